The van der Waals surface area contributed by atoms with Gasteiger partial charge in [0.2, 0.25) is 0 Å². The lowest BCUT2D eigenvalue weighted by atomic mass is 9.85. The Morgan fingerprint density at radius 1 is 1.21 bits per heavy atom. The van der Waals surface area contributed by atoms with Crippen LogP contribution in [0.5, 0.6) is 0 Å². The number of carbonyl (C=O) groups excluding carboxylic acids is 1. The van der Waals surface area contributed by atoms with Crippen LogP contribution in [0, 0.1) is 28.6 Å². The summed E-state index contributed by atoms with van der Waals surface area (Å²) >= 11 is 0. The number of Topliss-reactive ketones (excluding diaryl/α,β-unsaturated/α-hetero) is 1. The van der Waals surface area contributed by atoms with E-state index in [2.05, 4.69) is 4.98 Å². The molecule has 88 valence electrons. The number of ketones is 1. The first-order valence-electron chi connectivity index (χ1n) is 5.70. The summed E-state index contributed by atoms with van der Waals surface area (Å²) in [6.45, 7) is 0. The molecule has 1 atom stereocenters. The Bertz CT molecular complexity index is 821. The Morgan fingerprint density at radius 2 is 2.00 bits per heavy atom. The highest BCUT2D eigenvalue weighted by Gasteiger charge is 2.30. The summed E-state index contributed by atoms with van der Waals surface area (Å²) < 4.78 is 0. The molecule has 0 fully saturated rings. The molecule has 1 aromatic heterocycles. The van der Waals surface area contributed by atoms with Crippen LogP contribution in [0.25, 0.3) is 17.0 Å². The van der Waals surface area contributed by atoms with Gasteiger partial charge in [-0.15, -0.1) is 0 Å². The lowest BCUT2D eigenvalue weighted by Crippen LogP contribution is -2.20. The van der Waals surface area contributed by atoms with E-state index in [1.54, 1.807) is 6.07 Å². The van der Waals surface area contributed by atoms with Gasteiger partial charge in [-0.1, -0.05) is 18.2 Å². The van der Waals surface area contributed by atoms with E-state index >= 15 is 0 Å². The van der Waals surface area contributed by atoms with Crippen LogP contribution < -0.4 is 0 Å². The first-order valence-corrected chi connectivity index (χ1v) is 5.70. The van der Waals surface area contributed by atoms with E-state index in [9.17, 15) is 4.79 Å². The summed E-state index contributed by atoms with van der Waals surface area (Å²) in [5, 5.41) is 18.9. The fraction of sp³-hybridized carbons (Fsp3) is 0.0667. The van der Waals surface area contributed by atoms with E-state index in [1.165, 1.54) is 6.08 Å². The number of benzene rings is 1. The van der Waals surface area contributed by atoms with Crippen molar-refractivity contribution in [2.45, 2.75) is 0 Å². The minimum absolute atomic E-state index is 0.155. The molecule has 0 radical (unpaired) electrons. The van der Waals surface area contributed by atoms with Crippen LogP contribution in [0.4, 0.5) is 0 Å². The third-order valence-electron chi connectivity index (χ3n) is 3.14. The third-order valence-corrected chi connectivity index (χ3v) is 3.14. The molecule has 1 heterocycles. The summed E-state index contributed by atoms with van der Waals surface area (Å²) in [5.74, 6) is -1.37. The van der Waals surface area contributed by atoms with Gasteiger partial charge in [0.05, 0.1) is 28.9 Å². The normalized spacial score (nSPS) is 17.3. The molecular formula is C15H7N3O. The smallest absolute Gasteiger partial charge is 0.187 e. The van der Waals surface area contributed by atoms with Crippen molar-refractivity contribution in [2.24, 2.45) is 5.92 Å². The average molecular weight is 245 g/mol. The van der Waals surface area contributed by atoms with E-state index < -0.39 is 5.92 Å². The zero-order chi connectivity index (χ0) is 13.4. The maximum atomic E-state index is 12.2. The molecule has 0 amide bonds. The minimum Gasteiger partial charge on any atom is -0.292 e. The molecule has 0 saturated heterocycles. The maximum Gasteiger partial charge on any atom is 0.187 e. The first kappa shape index (κ1) is 11.1. The summed E-state index contributed by atoms with van der Waals surface area (Å²) in [6, 6.07) is 12.9. The number of nitriles is 2. The second-order valence-electron chi connectivity index (χ2n) is 4.25. The number of rotatable bonds is 0. The average Bonchev–Trinajstić information content (AvgIpc) is 2.45. The lowest BCUT2D eigenvalue weighted by molar-refractivity contribution is 0.0963. The molecule has 0 bridgehead atoms. The van der Waals surface area contributed by atoms with Gasteiger partial charge in [0, 0.05) is 10.9 Å². The molecule has 2 aromatic rings. The monoisotopic (exact) mass is 245 g/mol. The van der Waals surface area contributed by atoms with Crippen molar-refractivity contribution in [3.63, 3.8) is 0 Å². The van der Waals surface area contributed by atoms with Crippen LogP contribution in [-0.4, -0.2) is 10.8 Å². The molecule has 0 saturated carbocycles. The Hall–Kier alpha value is -2.98. The molecule has 3 rings (SSSR count). The van der Waals surface area contributed by atoms with Crippen molar-refractivity contribution in [1.29, 1.82) is 10.5 Å². The van der Waals surface area contributed by atoms with Crippen molar-refractivity contribution >= 4 is 22.8 Å². The SMILES string of the molecule is N#CC1=Cc2nc3ccccc3cc2C(=O)C1C#N. The molecule has 1 aliphatic rings. The third kappa shape index (κ3) is 1.59. The van der Waals surface area contributed by atoms with Gasteiger partial charge in [-0.05, 0) is 18.2 Å². The zero-order valence-electron chi connectivity index (χ0n) is 9.79. The number of pyridine rings is 1. The molecule has 4 nitrogen and oxygen atoms in total. The van der Waals surface area contributed by atoms with Crippen LogP contribution in [0.2, 0.25) is 0 Å². The highest BCUT2D eigenvalue weighted by molar-refractivity contribution is 6.09. The van der Waals surface area contributed by atoms with Gasteiger partial charge in [0.15, 0.2) is 5.78 Å². The number of hydrogen-bond acceptors (Lipinski definition) is 4. The van der Waals surface area contributed by atoms with Crippen molar-refractivity contribution in [2.75, 3.05) is 0 Å². The zero-order valence-corrected chi connectivity index (χ0v) is 9.79. The highest BCUT2D eigenvalue weighted by Crippen LogP contribution is 2.29. The van der Waals surface area contributed by atoms with Gasteiger partial charge in [0.25, 0.3) is 0 Å². The lowest BCUT2D eigenvalue weighted by Gasteiger charge is -2.15. The standard InChI is InChI=1S/C15H7N3O/c16-7-10-6-14-11(15(19)12(10)8-17)5-9-3-1-2-4-13(9)18-14/h1-6,12H. The van der Waals surface area contributed by atoms with E-state index in [1.807, 2.05) is 36.4 Å². The molecular weight excluding hydrogens is 238 g/mol. The summed E-state index contributed by atoms with van der Waals surface area (Å²) in [4.78, 5) is 16.6. The molecule has 0 spiro atoms. The van der Waals surface area contributed by atoms with Crippen molar-refractivity contribution < 1.29 is 4.79 Å². The number of aromatic nitrogens is 1. The second kappa shape index (κ2) is 4.04. The molecule has 1 aliphatic carbocycles. The van der Waals surface area contributed by atoms with Gasteiger partial charge in [0.1, 0.15) is 5.92 Å². The van der Waals surface area contributed by atoms with Crippen molar-refractivity contribution in [1.82, 2.24) is 4.98 Å². The van der Waals surface area contributed by atoms with Gasteiger partial charge in [-0.3, -0.25) is 4.79 Å². The molecule has 1 aromatic carbocycles. The first-order chi connectivity index (χ1) is 9.24. The number of hydrogen-bond donors (Lipinski definition) is 0. The Balaban J connectivity index is 2.33. The number of nitrogens with zero attached hydrogens (tertiary/aromatic N) is 3. The van der Waals surface area contributed by atoms with Crippen molar-refractivity contribution in [3.05, 3.63) is 47.2 Å². The largest absolute Gasteiger partial charge is 0.292 e. The highest BCUT2D eigenvalue weighted by atomic mass is 16.1. The second-order valence-corrected chi connectivity index (χ2v) is 4.25. The quantitative estimate of drug-likeness (QED) is 0.714. The van der Waals surface area contributed by atoms with Gasteiger partial charge < -0.3 is 0 Å². The summed E-state index contributed by atoms with van der Waals surface area (Å²) in [6.07, 6.45) is 1.52. The van der Waals surface area contributed by atoms with E-state index in [4.69, 9.17) is 10.5 Å². The van der Waals surface area contributed by atoms with Gasteiger partial charge in [-0.2, -0.15) is 10.5 Å². The van der Waals surface area contributed by atoms with Crippen LogP contribution in [-0.2, 0) is 0 Å². The Kier molecular flexibility index (Phi) is 2.37. The summed E-state index contributed by atoms with van der Waals surface area (Å²) in [7, 11) is 0. The fourth-order valence-corrected chi connectivity index (χ4v) is 2.19. The van der Waals surface area contributed by atoms with Crippen LogP contribution >= 0.6 is 0 Å². The molecule has 0 aliphatic heterocycles. The van der Waals surface area contributed by atoms with E-state index in [0.717, 1.165) is 10.9 Å². The molecule has 4 heteroatoms. The van der Waals surface area contributed by atoms with Crippen LogP contribution in [0.15, 0.2) is 35.9 Å². The molecule has 1 unspecified atom stereocenters. The predicted octanol–water partition coefficient (Wildman–Crippen LogP) is 2.48. The Labute approximate surface area is 109 Å². The molecule has 0 N–H and O–H groups in total. The number of allylic oxidation sites excluding steroid dienone is 1. The topological polar surface area (TPSA) is 77.5 Å². The predicted molar refractivity (Wildman–Crippen MR) is 68.8 cm³/mol. The Morgan fingerprint density at radius 3 is 2.74 bits per heavy atom. The minimum atomic E-state index is -1.01. The maximum absolute atomic E-state index is 12.2. The van der Waals surface area contributed by atoms with Crippen LogP contribution in [0.1, 0.15) is 16.1 Å². The van der Waals surface area contributed by atoms with E-state index in [-0.39, 0.29) is 11.4 Å². The van der Waals surface area contributed by atoms with E-state index in [0.29, 0.717) is 11.3 Å². The van der Waals surface area contributed by atoms with Gasteiger partial charge in [-0.25, -0.2) is 4.98 Å². The number of para-hydroxylation sites is 1. The number of carbonyl (C=O) groups is 1. The number of fused-ring (bicyclic) bond motifs is 2. The molecule has 19 heavy (non-hydrogen) atoms. The summed E-state index contributed by atoms with van der Waals surface area (Å²) in [5.41, 5.74) is 1.79. The fourth-order valence-electron chi connectivity index (χ4n) is 2.19. The van der Waals surface area contributed by atoms with Gasteiger partial charge >= 0.3 is 0 Å². The van der Waals surface area contributed by atoms with Crippen LogP contribution in [0.3, 0.4) is 0 Å². The van der Waals surface area contributed by atoms with Crippen molar-refractivity contribution in [3.8, 4) is 12.1 Å².